The molecule has 0 aliphatic carbocycles. The monoisotopic (exact) mass is 975 g/mol. The summed E-state index contributed by atoms with van der Waals surface area (Å²) in [6.45, 7) is 2.26. The molecule has 352 valence electrons. The molecule has 0 atom stereocenters. The third-order valence-corrected chi connectivity index (χ3v) is 12.9. The summed E-state index contributed by atoms with van der Waals surface area (Å²) < 4.78 is 86.2. The van der Waals surface area contributed by atoms with E-state index in [0.29, 0.717) is 57.1 Å². The zero-order valence-corrected chi connectivity index (χ0v) is 39.1. The maximum absolute atomic E-state index is 12.4. The number of methoxy groups -OCH3 is 2. The van der Waals surface area contributed by atoms with E-state index < -0.39 is 25.1 Å². The molecule has 0 spiro atoms. The molecule has 4 N–H and O–H groups in total. The molecule has 19 heteroatoms. The minimum atomic E-state index is -4.65. The largest absolute Gasteiger partial charge is 0.505 e. The first-order chi connectivity index (χ1) is 33.7. The van der Waals surface area contributed by atoms with Crippen LogP contribution < -0.4 is 19.5 Å². The first kappa shape index (κ1) is 46.7. The van der Waals surface area contributed by atoms with Crippen LogP contribution in [-0.2, 0) is 20.2 Å². The Hall–Kier alpha value is -8.36. The number of azo groups is 3. The number of rotatable bonds is 15. The minimum absolute atomic E-state index is 0.0576. The highest BCUT2D eigenvalue weighted by Crippen LogP contribution is 2.45. The van der Waals surface area contributed by atoms with E-state index in [1.165, 1.54) is 37.4 Å². The number of hydrogen-bond acceptors (Lipinski definition) is 15. The van der Waals surface area contributed by atoms with Crippen LogP contribution in [0.2, 0.25) is 0 Å². The predicted molar refractivity (Wildman–Crippen MR) is 268 cm³/mol. The molecule has 17 nitrogen and oxygen atoms in total. The number of nitrogens with zero attached hydrogens (tertiary/aromatic N) is 6. The molecule has 9 aromatic carbocycles. The quantitative estimate of drug-likeness (QED) is 0.0556. The van der Waals surface area contributed by atoms with Gasteiger partial charge in [-0.1, -0.05) is 49.4 Å². The van der Waals surface area contributed by atoms with Crippen molar-refractivity contribution in [2.24, 2.45) is 30.7 Å². The van der Waals surface area contributed by atoms with Gasteiger partial charge in [0.05, 0.1) is 48.5 Å². The Morgan fingerprint density at radius 1 is 0.514 bits per heavy atom. The van der Waals surface area contributed by atoms with Gasteiger partial charge in [-0.05, 0) is 108 Å². The molecular weight excluding hydrogens is 935 g/mol. The van der Waals surface area contributed by atoms with Crippen LogP contribution in [0.15, 0.2) is 186 Å². The zero-order chi connectivity index (χ0) is 49.2. The number of phenols is 1. The summed E-state index contributed by atoms with van der Waals surface area (Å²) in [6.07, 6.45) is 0.694. The van der Waals surface area contributed by atoms with Gasteiger partial charge in [0.2, 0.25) is 0 Å². The van der Waals surface area contributed by atoms with Crippen LogP contribution >= 0.6 is 0 Å². The molecular formula is C51H41N7O10S2. The number of hydrogen-bond donors (Lipinski definition) is 4. The van der Waals surface area contributed by atoms with Crippen molar-refractivity contribution >= 4 is 109 Å². The number of fused-ring (bicyclic) bond motifs is 4. The summed E-state index contributed by atoms with van der Waals surface area (Å²) in [4.78, 5) is -0.752. The van der Waals surface area contributed by atoms with Crippen molar-refractivity contribution in [2.45, 2.75) is 23.1 Å². The maximum Gasteiger partial charge on any atom is 0.295 e. The molecule has 0 aliphatic rings. The van der Waals surface area contributed by atoms with E-state index in [0.717, 1.165) is 22.5 Å². The van der Waals surface area contributed by atoms with Crippen molar-refractivity contribution in [3.63, 3.8) is 0 Å². The molecule has 0 amide bonds. The van der Waals surface area contributed by atoms with E-state index in [4.69, 9.17) is 14.2 Å². The molecule has 0 unspecified atom stereocenters. The van der Waals surface area contributed by atoms with Crippen molar-refractivity contribution in [3.05, 3.63) is 146 Å². The zero-order valence-electron chi connectivity index (χ0n) is 37.5. The standard InChI is InChI=1S/C51H41N7O10S2/c1-4-23-68-36-25-31-9-11-34(26-42(31)49(27-36)70(63,64)65)53-54-44-21-22-45(43-28-37(69(60,61)62)17-19-40(43)44)55-57-47-29-48(67-3)50(41-8-6-5-7-39(41)47)58-56-46-20-10-30-24-33(14-18-38(30)51(46)59)52-32-12-15-35(66-2)16-13-32/h5-22,24-29,52,59H,4,23H2,1-3H3,(H,60,61,62)(H,63,64,65). The molecule has 0 saturated carbocycles. The van der Waals surface area contributed by atoms with Gasteiger partial charge in [0, 0.05) is 55.8 Å². The van der Waals surface area contributed by atoms with Gasteiger partial charge in [-0.15, -0.1) is 25.6 Å². The summed E-state index contributed by atoms with van der Waals surface area (Å²) in [5.41, 5.74) is 3.39. The molecule has 0 radical (unpaired) electrons. The topological polar surface area (TPSA) is 243 Å². The van der Waals surface area contributed by atoms with Crippen LogP contribution in [0.3, 0.4) is 0 Å². The van der Waals surface area contributed by atoms with Gasteiger partial charge in [-0.2, -0.15) is 21.9 Å². The fourth-order valence-corrected chi connectivity index (χ4v) is 9.00. The number of anilines is 2. The number of benzene rings is 9. The van der Waals surface area contributed by atoms with Gasteiger partial charge in [0.25, 0.3) is 20.2 Å². The smallest absolute Gasteiger partial charge is 0.295 e. The van der Waals surface area contributed by atoms with Crippen LogP contribution in [0.4, 0.5) is 45.5 Å². The predicted octanol–water partition coefficient (Wildman–Crippen LogP) is 14.3. The van der Waals surface area contributed by atoms with Crippen molar-refractivity contribution < 1.29 is 45.3 Å². The lowest BCUT2D eigenvalue weighted by atomic mass is 10.1. The van der Waals surface area contributed by atoms with Crippen LogP contribution in [0.5, 0.6) is 23.0 Å². The molecule has 9 aromatic rings. The summed E-state index contributed by atoms with van der Waals surface area (Å²) in [7, 11) is -6.22. The van der Waals surface area contributed by atoms with E-state index in [1.54, 1.807) is 55.6 Å². The van der Waals surface area contributed by atoms with E-state index in [1.807, 2.05) is 73.7 Å². The van der Waals surface area contributed by atoms with Crippen molar-refractivity contribution in [3.8, 4) is 23.0 Å². The number of aromatic hydroxyl groups is 1. The Labute approximate surface area is 400 Å². The number of phenolic OH excluding ortho intramolecular Hbond substituents is 1. The first-order valence-electron chi connectivity index (χ1n) is 21.4. The third-order valence-electron chi connectivity index (χ3n) is 11.2. The van der Waals surface area contributed by atoms with E-state index in [-0.39, 0.29) is 49.9 Å². The van der Waals surface area contributed by atoms with Gasteiger partial charge in [-0.25, -0.2) is 0 Å². The summed E-state index contributed by atoms with van der Waals surface area (Å²) in [5, 5.41) is 45.5. The average Bonchev–Trinajstić information content (AvgIpc) is 3.36. The average molecular weight is 976 g/mol. The second-order valence-corrected chi connectivity index (χ2v) is 18.6. The Morgan fingerprint density at radius 2 is 1.16 bits per heavy atom. The fraction of sp³-hybridized carbons (Fsp3) is 0.0980. The normalized spacial score (nSPS) is 12.3. The second-order valence-electron chi connectivity index (χ2n) is 15.8. The lowest BCUT2D eigenvalue weighted by molar-refractivity contribution is 0.317. The highest BCUT2D eigenvalue weighted by atomic mass is 32.2. The van der Waals surface area contributed by atoms with Gasteiger partial charge < -0.3 is 24.6 Å². The van der Waals surface area contributed by atoms with Crippen LogP contribution in [0.25, 0.3) is 43.1 Å². The van der Waals surface area contributed by atoms with Crippen molar-refractivity contribution in [2.75, 3.05) is 26.1 Å². The van der Waals surface area contributed by atoms with E-state index >= 15 is 0 Å². The molecule has 0 aromatic heterocycles. The molecule has 0 bridgehead atoms. The molecule has 0 heterocycles. The van der Waals surface area contributed by atoms with E-state index in [9.17, 15) is 31.0 Å². The highest BCUT2D eigenvalue weighted by Gasteiger charge is 2.19. The van der Waals surface area contributed by atoms with Crippen molar-refractivity contribution in [1.82, 2.24) is 0 Å². The summed E-state index contributed by atoms with van der Waals surface area (Å²) in [6, 6.07) is 40.2. The first-order valence-corrected chi connectivity index (χ1v) is 24.3. The van der Waals surface area contributed by atoms with E-state index in [2.05, 4.69) is 36.0 Å². The lowest BCUT2D eigenvalue weighted by Gasteiger charge is -2.11. The van der Waals surface area contributed by atoms with Gasteiger partial charge in [0.1, 0.15) is 33.5 Å². The maximum atomic E-state index is 12.4. The fourth-order valence-electron chi connectivity index (χ4n) is 7.78. The van der Waals surface area contributed by atoms with Gasteiger partial charge in [-0.3, -0.25) is 9.11 Å². The Bertz CT molecular complexity index is 3850. The van der Waals surface area contributed by atoms with Crippen LogP contribution in [0, 0.1) is 0 Å². The Kier molecular flexibility index (Phi) is 12.9. The Balaban J connectivity index is 1.04. The SMILES string of the molecule is CCCOc1cc(S(=O)(=O)O)c2cc(N=Nc3ccc(N=Nc4cc(OC)c(N=Nc5ccc6cc(Nc7ccc(OC)cc7)ccc6c5O)c5ccccc45)c4cc(S(=O)(=O)O)ccc34)ccc2c1. The summed E-state index contributed by atoms with van der Waals surface area (Å²) in [5.74, 6) is 1.27. The van der Waals surface area contributed by atoms with Crippen molar-refractivity contribution in [1.29, 1.82) is 0 Å². The molecule has 9 rings (SSSR count). The van der Waals surface area contributed by atoms with Crippen LogP contribution in [-0.4, -0.2) is 51.9 Å². The molecule has 70 heavy (non-hydrogen) atoms. The minimum Gasteiger partial charge on any atom is -0.505 e. The second kappa shape index (κ2) is 19.3. The molecule has 0 saturated heterocycles. The Morgan fingerprint density at radius 3 is 1.89 bits per heavy atom. The summed E-state index contributed by atoms with van der Waals surface area (Å²) >= 11 is 0. The molecule has 0 fully saturated rings. The number of ether oxygens (including phenoxy) is 3. The number of nitrogens with one attached hydrogen (secondary N) is 1. The van der Waals surface area contributed by atoms with Crippen LogP contribution in [0.1, 0.15) is 13.3 Å². The highest BCUT2D eigenvalue weighted by molar-refractivity contribution is 7.86. The lowest BCUT2D eigenvalue weighted by Crippen LogP contribution is -2.02. The third kappa shape index (κ3) is 9.80. The molecule has 0 aliphatic heterocycles. The van der Waals surface area contributed by atoms with Gasteiger partial charge >= 0.3 is 0 Å². The van der Waals surface area contributed by atoms with Gasteiger partial charge in [0.15, 0.2) is 5.75 Å².